The number of carbonyl (C=O) groups is 2. The second-order valence-corrected chi connectivity index (χ2v) is 6.24. The van der Waals surface area contributed by atoms with E-state index < -0.39 is 33.9 Å². The van der Waals surface area contributed by atoms with Crippen LogP contribution in [-0.2, 0) is 9.59 Å². The first-order chi connectivity index (χ1) is 14.9. The molecular formula is C22H15F2N3O4. The molecular weight excluding hydrogens is 408 g/mol. The van der Waals surface area contributed by atoms with Crippen LogP contribution in [0.15, 0.2) is 78.4 Å². The van der Waals surface area contributed by atoms with Crippen molar-refractivity contribution in [3.05, 3.63) is 106 Å². The Kier molecular flexibility index (Phi) is 6.46. The van der Waals surface area contributed by atoms with E-state index in [0.29, 0.717) is 0 Å². The van der Waals surface area contributed by atoms with Gasteiger partial charge in [0.15, 0.2) is 0 Å². The van der Waals surface area contributed by atoms with Crippen LogP contribution >= 0.6 is 0 Å². The summed E-state index contributed by atoms with van der Waals surface area (Å²) in [7, 11) is 0. The fourth-order valence-electron chi connectivity index (χ4n) is 2.67. The highest BCUT2D eigenvalue weighted by Gasteiger charge is 2.23. The molecule has 2 N–H and O–H groups in total. The zero-order valence-corrected chi connectivity index (χ0v) is 15.8. The van der Waals surface area contributed by atoms with Gasteiger partial charge in [-0.25, -0.2) is 8.78 Å². The number of rotatable bonds is 6. The van der Waals surface area contributed by atoms with Crippen molar-refractivity contribution in [2.45, 2.75) is 0 Å². The quantitative estimate of drug-likeness (QED) is 0.200. The Morgan fingerprint density at radius 2 is 1.23 bits per heavy atom. The number of benzene rings is 3. The van der Waals surface area contributed by atoms with Gasteiger partial charge in [0.05, 0.1) is 21.9 Å². The maximum atomic E-state index is 13.9. The average molecular weight is 423 g/mol. The molecule has 0 aliphatic rings. The van der Waals surface area contributed by atoms with Crippen molar-refractivity contribution in [1.29, 1.82) is 0 Å². The minimum atomic E-state index is -1.03. The predicted octanol–water partition coefficient (Wildman–Crippen LogP) is 4.53. The van der Waals surface area contributed by atoms with Gasteiger partial charge in [-0.15, -0.1) is 0 Å². The summed E-state index contributed by atoms with van der Waals surface area (Å²) in [6.07, 6.45) is 0.991. The molecule has 3 aromatic rings. The molecule has 0 saturated heterocycles. The highest BCUT2D eigenvalue weighted by atomic mass is 19.1. The standard InChI is InChI=1S/C22H15F2N3O4/c23-16-8-2-4-10-18(16)25-21(28)15(13-14-7-1-6-12-20(14)27(30)31)22(29)26-19-11-5-3-9-17(19)24/h1-13H,(H,25,28)(H,26,29). The van der Waals surface area contributed by atoms with E-state index in [1.807, 2.05) is 0 Å². The molecule has 7 nitrogen and oxygen atoms in total. The second-order valence-electron chi connectivity index (χ2n) is 6.24. The summed E-state index contributed by atoms with van der Waals surface area (Å²) in [4.78, 5) is 36.2. The zero-order valence-electron chi connectivity index (χ0n) is 15.8. The van der Waals surface area contributed by atoms with E-state index in [1.165, 1.54) is 60.7 Å². The normalized spacial score (nSPS) is 10.1. The average Bonchev–Trinajstić information content (AvgIpc) is 2.75. The first kappa shape index (κ1) is 21.3. The van der Waals surface area contributed by atoms with Gasteiger partial charge in [0.2, 0.25) is 0 Å². The predicted molar refractivity (Wildman–Crippen MR) is 111 cm³/mol. The smallest absolute Gasteiger partial charge is 0.276 e. The summed E-state index contributed by atoms with van der Waals surface area (Å²) in [5, 5.41) is 15.8. The maximum Gasteiger partial charge on any atom is 0.276 e. The summed E-state index contributed by atoms with van der Waals surface area (Å²) in [6.45, 7) is 0. The van der Waals surface area contributed by atoms with Gasteiger partial charge in [-0.3, -0.25) is 19.7 Å². The fraction of sp³-hybridized carbons (Fsp3) is 0. The number of halogens is 2. The SMILES string of the molecule is O=C(Nc1ccccc1F)C(=Cc1ccccc1[N+](=O)[O-])C(=O)Nc1ccccc1F. The summed E-state index contributed by atoms with van der Waals surface area (Å²) in [5.74, 6) is -3.54. The Labute approximate surface area is 175 Å². The van der Waals surface area contributed by atoms with Crippen molar-refractivity contribution >= 4 is 35.0 Å². The highest BCUT2D eigenvalue weighted by Crippen LogP contribution is 2.23. The molecule has 0 radical (unpaired) electrons. The largest absolute Gasteiger partial charge is 0.319 e. The molecule has 9 heteroatoms. The van der Waals surface area contributed by atoms with Gasteiger partial charge in [-0.05, 0) is 36.4 Å². The van der Waals surface area contributed by atoms with E-state index >= 15 is 0 Å². The number of para-hydroxylation sites is 3. The van der Waals surface area contributed by atoms with Crippen LogP contribution in [0.3, 0.4) is 0 Å². The highest BCUT2D eigenvalue weighted by molar-refractivity contribution is 6.29. The molecule has 0 aliphatic carbocycles. The number of nitrogens with zero attached hydrogens (tertiary/aromatic N) is 1. The van der Waals surface area contributed by atoms with Gasteiger partial charge in [0.25, 0.3) is 17.5 Å². The number of anilines is 2. The first-order valence-electron chi connectivity index (χ1n) is 8.93. The van der Waals surface area contributed by atoms with E-state index in [0.717, 1.165) is 18.2 Å². The Morgan fingerprint density at radius 3 is 1.71 bits per heavy atom. The Bertz CT molecular complexity index is 1130. The Morgan fingerprint density at radius 1 is 0.774 bits per heavy atom. The van der Waals surface area contributed by atoms with Gasteiger partial charge in [0.1, 0.15) is 17.2 Å². The molecule has 0 bridgehead atoms. The lowest BCUT2D eigenvalue weighted by molar-refractivity contribution is -0.385. The first-order valence-corrected chi connectivity index (χ1v) is 8.93. The van der Waals surface area contributed by atoms with Gasteiger partial charge in [-0.1, -0.05) is 36.4 Å². The lowest BCUT2D eigenvalue weighted by Crippen LogP contribution is -2.26. The molecule has 0 aliphatic heterocycles. The molecule has 156 valence electrons. The Balaban J connectivity index is 2.02. The van der Waals surface area contributed by atoms with Gasteiger partial charge in [0, 0.05) is 6.07 Å². The second kappa shape index (κ2) is 9.40. The van der Waals surface area contributed by atoms with Crippen LogP contribution in [0.2, 0.25) is 0 Å². The van der Waals surface area contributed by atoms with E-state index in [1.54, 1.807) is 0 Å². The molecule has 3 aromatic carbocycles. The number of nitro benzene ring substituents is 1. The van der Waals surface area contributed by atoms with Crippen molar-refractivity contribution in [1.82, 2.24) is 0 Å². The van der Waals surface area contributed by atoms with E-state index in [9.17, 15) is 28.5 Å². The topological polar surface area (TPSA) is 101 Å². The van der Waals surface area contributed by atoms with E-state index in [4.69, 9.17) is 0 Å². The van der Waals surface area contributed by atoms with Gasteiger partial charge < -0.3 is 10.6 Å². The third-order valence-corrected chi connectivity index (χ3v) is 4.17. The fourth-order valence-corrected chi connectivity index (χ4v) is 2.67. The van der Waals surface area contributed by atoms with Gasteiger partial charge in [-0.2, -0.15) is 0 Å². The van der Waals surface area contributed by atoms with Crippen LogP contribution in [0.1, 0.15) is 5.56 Å². The van der Waals surface area contributed by atoms with Crippen molar-refractivity contribution in [3.63, 3.8) is 0 Å². The van der Waals surface area contributed by atoms with Crippen molar-refractivity contribution in [2.24, 2.45) is 0 Å². The summed E-state index contributed by atoms with van der Waals surface area (Å²) >= 11 is 0. The van der Waals surface area contributed by atoms with Crippen molar-refractivity contribution in [3.8, 4) is 0 Å². The molecule has 0 aromatic heterocycles. The van der Waals surface area contributed by atoms with Crippen LogP contribution < -0.4 is 10.6 Å². The number of carbonyl (C=O) groups excluding carboxylic acids is 2. The number of amides is 2. The van der Waals surface area contributed by atoms with Gasteiger partial charge >= 0.3 is 0 Å². The molecule has 0 spiro atoms. The summed E-state index contributed by atoms with van der Waals surface area (Å²) in [5.41, 5.74) is -1.35. The number of hydrogen-bond acceptors (Lipinski definition) is 4. The lowest BCUT2D eigenvalue weighted by Gasteiger charge is -2.11. The molecule has 2 amide bonds. The van der Waals surface area contributed by atoms with Crippen molar-refractivity contribution < 1.29 is 23.3 Å². The maximum absolute atomic E-state index is 13.9. The van der Waals surface area contributed by atoms with Crippen molar-refractivity contribution in [2.75, 3.05) is 10.6 Å². The minimum Gasteiger partial charge on any atom is -0.319 e. The van der Waals surface area contributed by atoms with E-state index in [-0.39, 0.29) is 22.6 Å². The molecule has 31 heavy (non-hydrogen) atoms. The monoisotopic (exact) mass is 423 g/mol. The molecule has 0 fully saturated rings. The van der Waals surface area contributed by atoms with Crippen LogP contribution in [0.25, 0.3) is 6.08 Å². The lowest BCUT2D eigenvalue weighted by atomic mass is 10.1. The summed E-state index contributed by atoms with van der Waals surface area (Å²) in [6, 6.07) is 16.0. The van der Waals surface area contributed by atoms with E-state index in [2.05, 4.69) is 10.6 Å². The zero-order chi connectivity index (χ0) is 22.4. The molecule has 0 saturated carbocycles. The van der Waals surface area contributed by atoms with Crippen LogP contribution in [0.4, 0.5) is 25.8 Å². The number of hydrogen-bond donors (Lipinski definition) is 2. The molecule has 0 heterocycles. The number of nitro groups is 1. The number of nitrogens with one attached hydrogen (secondary N) is 2. The molecule has 0 unspecified atom stereocenters. The van der Waals surface area contributed by atoms with Crippen LogP contribution in [0, 0.1) is 21.7 Å². The third-order valence-electron chi connectivity index (χ3n) is 4.17. The molecule has 3 rings (SSSR count). The minimum absolute atomic E-state index is 0.0325. The molecule has 0 atom stereocenters. The Hall–Kier alpha value is -4.40. The van der Waals surface area contributed by atoms with Crippen LogP contribution in [0.5, 0.6) is 0 Å². The summed E-state index contributed by atoms with van der Waals surface area (Å²) < 4.78 is 27.9. The van der Waals surface area contributed by atoms with Crippen LogP contribution in [-0.4, -0.2) is 16.7 Å². The third kappa shape index (κ3) is 5.15.